The van der Waals surface area contributed by atoms with Crippen molar-refractivity contribution in [1.29, 1.82) is 0 Å². The number of nitrogens with one attached hydrogen (secondary N) is 1. The normalized spacial score (nSPS) is 10.2. The third kappa shape index (κ3) is 4.07. The Hall–Kier alpha value is -1.36. The largest absolute Gasteiger partial charge is 0.482 e. The highest BCUT2D eigenvalue weighted by Crippen LogP contribution is 2.27. The highest BCUT2D eigenvalue weighted by atomic mass is 35.5. The molecule has 2 aromatic carbocycles. The Morgan fingerprint density at radius 2 is 1.95 bits per heavy atom. The lowest BCUT2D eigenvalue weighted by molar-refractivity contribution is -0.118. The summed E-state index contributed by atoms with van der Waals surface area (Å²) in [4.78, 5) is 12.5. The van der Waals surface area contributed by atoms with E-state index in [4.69, 9.17) is 27.9 Å². The second kappa shape index (κ2) is 6.88. The van der Waals surface area contributed by atoms with Crippen LogP contribution < -0.4 is 10.1 Å². The first-order valence-corrected chi connectivity index (χ1v) is 6.92. The predicted molar refractivity (Wildman–Crippen MR) is 84.3 cm³/mol. The van der Waals surface area contributed by atoms with Gasteiger partial charge in [-0.15, -0.1) is 12.6 Å². The van der Waals surface area contributed by atoms with Gasteiger partial charge in [-0.05, 0) is 30.3 Å². The van der Waals surface area contributed by atoms with Gasteiger partial charge in [-0.2, -0.15) is 0 Å². The van der Waals surface area contributed by atoms with E-state index in [1.54, 1.807) is 30.3 Å². The lowest BCUT2D eigenvalue weighted by Gasteiger charge is -2.10. The molecule has 6 heteroatoms. The number of benzene rings is 2. The van der Waals surface area contributed by atoms with Crippen molar-refractivity contribution in [2.75, 3.05) is 11.9 Å². The van der Waals surface area contributed by atoms with Crippen molar-refractivity contribution in [1.82, 2.24) is 0 Å². The van der Waals surface area contributed by atoms with Crippen LogP contribution in [0, 0.1) is 0 Å². The monoisotopic (exact) mass is 327 g/mol. The molecular weight excluding hydrogens is 317 g/mol. The third-order valence-corrected chi connectivity index (χ3v) is 3.35. The van der Waals surface area contributed by atoms with Crippen LogP contribution >= 0.6 is 35.8 Å². The second-order valence-electron chi connectivity index (χ2n) is 3.93. The molecule has 0 saturated carbocycles. The number of ether oxygens (including phenoxy) is 1. The summed E-state index contributed by atoms with van der Waals surface area (Å²) in [6, 6.07) is 12.0. The van der Waals surface area contributed by atoms with Gasteiger partial charge >= 0.3 is 0 Å². The van der Waals surface area contributed by atoms with E-state index in [9.17, 15) is 4.79 Å². The predicted octanol–water partition coefficient (Wildman–Crippen LogP) is 4.30. The van der Waals surface area contributed by atoms with Crippen molar-refractivity contribution < 1.29 is 9.53 Å². The van der Waals surface area contributed by atoms with Crippen LogP contribution in [0.1, 0.15) is 0 Å². The van der Waals surface area contributed by atoms with Gasteiger partial charge in [-0.1, -0.05) is 35.3 Å². The summed E-state index contributed by atoms with van der Waals surface area (Å²) in [5.74, 6) is 0.114. The van der Waals surface area contributed by atoms with Gasteiger partial charge < -0.3 is 10.1 Å². The SMILES string of the molecule is O=C(COc1ccc(Cl)cc1Cl)Nc1ccccc1S. The molecule has 0 aliphatic heterocycles. The first-order chi connectivity index (χ1) is 9.56. The van der Waals surface area contributed by atoms with Crippen LogP contribution in [0.2, 0.25) is 10.0 Å². The molecule has 0 heterocycles. The Labute approximate surface area is 132 Å². The lowest BCUT2D eigenvalue weighted by Crippen LogP contribution is -2.20. The molecule has 0 aliphatic carbocycles. The molecular formula is C14H11Cl2NO2S. The molecule has 2 rings (SSSR count). The molecule has 0 aromatic heterocycles. The molecule has 0 atom stereocenters. The summed E-state index contributed by atoms with van der Waals surface area (Å²) in [7, 11) is 0. The fourth-order valence-electron chi connectivity index (χ4n) is 1.50. The number of thiol groups is 1. The van der Waals surface area contributed by atoms with Gasteiger partial charge in [0.2, 0.25) is 0 Å². The van der Waals surface area contributed by atoms with E-state index in [2.05, 4.69) is 17.9 Å². The summed E-state index contributed by atoms with van der Waals surface area (Å²) < 4.78 is 5.34. The fraction of sp³-hybridized carbons (Fsp3) is 0.0714. The highest BCUT2D eigenvalue weighted by Gasteiger charge is 2.08. The van der Waals surface area contributed by atoms with Gasteiger partial charge in [-0.3, -0.25) is 4.79 Å². The molecule has 0 bridgehead atoms. The number of rotatable bonds is 4. The maximum atomic E-state index is 11.8. The van der Waals surface area contributed by atoms with Gasteiger partial charge in [0.25, 0.3) is 5.91 Å². The van der Waals surface area contributed by atoms with Crippen molar-refractivity contribution in [3.63, 3.8) is 0 Å². The number of halogens is 2. The Kier molecular flexibility index (Phi) is 5.17. The van der Waals surface area contributed by atoms with Crippen LogP contribution in [-0.2, 0) is 4.79 Å². The average Bonchev–Trinajstić information content (AvgIpc) is 2.40. The zero-order valence-electron chi connectivity index (χ0n) is 10.3. The van der Waals surface area contributed by atoms with Gasteiger partial charge in [0, 0.05) is 9.92 Å². The molecule has 0 unspecified atom stereocenters. The molecule has 0 aliphatic rings. The van der Waals surface area contributed by atoms with E-state index >= 15 is 0 Å². The second-order valence-corrected chi connectivity index (χ2v) is 5.25. The summed E-state index contributed by atoms with van der Waals surface area (Å²) in [5.41, 5.74) is 0.631. The number of carbonyl (C=O) groups is 1. The number of para-hydroxylation sites is 1. The molecule has 20 heavy (non-hydrogen) atoms. The smallest absolute Gasteiger partial charge is 0.262 e. The summed E-state index contributed by atoms with van der Waals surface area (Å²) >= 11 is 16.0. The maximum Gasteiger partial charge on any atom is 0.262 e. The van der Waals surface area contributed by atoms with Crippen molar-refractivity contribution in [2.24, 2.45) is 0 Å². The van der Waals surface area contributed by atoms with Crippen LogP contribution in [0.5, 0.6) is 5.75 Å². The average molecular weight is 328 g/mol. The zero-order valence-corrected chi connectivity index (χ0v) is 12.7. The molecule has 0 fully saturated rings. The van der Waals surface area contributed by atoms with E-state index in [1.165, 1.54) is 0 Å². The number of amides is 1. The fourth-order valence-corrected chi connectivity index (χ4v) is 2.18. The van der Waals surface area contributed by atoms with Crippen molar-refractivity contribution in [3.05, 3.63) is 52.5 Å². The lowest BCUT2D eigenvalue weighted by atomic mass is 10.3. The molecule has 1 N–H and O–H groups in total. The molecule has 0 spiro atoms. The molecule has 2 aromatic rings. The molecule has 104 valence electrons. The van der Waals surface area contributed by atoms with Gasteiger partial charge in [0.05, 0.1) is 10.7 Å². The minimum Gasteiger partial charge on any atom is -0.482 e. The van der Waals surface area contributed by atoms with E-state index < -0.39 is 0 Å². The number of hydrogen-bond donors (Lipinski definition) is 2. The minimum absolute atomic E-state index is 0.149. The zero-order chi connectivity index (χ0) is 14.5. The van der Waals surface area contributed by atoms with Crippen LogP contribution in [0.15, 0.2) is 47.4 Å². The molecule has 1 amide bonds. The minimum atomic E-state index is -0.294. The maximum absolute atomic E-state index is 11.8. The first kappa shape index (κ1) is 15.0. The summed E-state index contributed by atoms with van der Waals surface area (Å²) in [6.45, 7) is -0.149. The van der Waals surface area contributed by atoms with Crippen LogP contribution in [0.4, 0.5) is 5.69 Å². The van der Waals surface area contributed by atoms with E-state index in [1.807, 2.05) is 12.1 Å². The molecule has 3 nitrogen and oxygen atoms in total. The topological polar surface area (TPSA) is 38.3 Å². The van der Waals surface area contributed by atoms with Gasteiger partial charge in [0.15, 0.2) is 6.61 Å². The quantitative estimate of drug-likeness (QED) is 0.821. The highest BCUT2D eigenvalue weighted by molar-refractivity contribution is 7.80. The standard InChI is InChI=1S/C14H11Cl2NO2S/c15-9-5-6-12(10(16)7-9)19-8-14(18)17-11-3-1-2-4-13(11)20/h1-7,20H,8H2,(H,17,18). The summed E-state index contributed by atoms with van der Waals surface area (Å²) in [6.07, 6.45) is 0. The number of hydrogen-bond acceptors (Lipinski definition) is 3. The van der Waals surface area contributed by atoms with Gasteiger partial charge in [0.1, 0.15) is 5.75 Å². The number of anilines is 1. The van der Waals surface area contributed by atoms with E-state index in [-0.39, 0.29) is 12.5 Å². The van der Waals surface area contributed by atoms with Crippen molar-refractivity contribution >= 4 is 47.4 Å². The van der Waals surface area contributed by atoms with E-state index in [0.717, 1.165) is 0 Å². The third-order valence-electron chi connectivity index (χ3n) is 2.43. The van der Waals surface area contributed by atoms with Crippen molar-refractivity contribution in [3.8, 4) is 5.75 Å². The number of carbonyl (C=O) groups excluding carboxylic acids is 1. The summed E-state index contributed by atoms with van der Waals surface area (Å²) in [5, 5.41) is 3.57. The van der Waals surface area contributed by atoms with Crippen LogP contribution in [0.3, 0.4) is 0 Å². The molecule has 0 radical (unpaired) electrons. The van der Waals surface area contributed by atoms with Gasteiger partial charge in [-0.25, -0.2) is 0 Å². The molecule has 0 saturated heterocycles. The van der Waals surface area contributed by atoms with Crippen LogP contribution in [-0.4, -0.2) is 12.5 Å². The first-order valence-electron chi connectivity index (χ1n) is 5.72. The van der Waals surface area contributed by atoms with Crippen molar-refractivity contribution in [2.45, 2.75) is 4.90 Å². The Morgan fingerprint density at radius 3 is 2.65 bits per heavy atom. The Morgan fingerprint density at radius 1 is 1.20 bits per heavy atom. The van der Waals surface area contributed by atoms with Crippen LogP contribution in [0.25, 0.3) is 0 Å². The Balaban J connectivity index is 1.94. The Bertz CT molecular complexity index is 634. The van der Waals surface area contributed by atoms with E-state index in [0.29, 0.717) is 26.4 Å².